The van der Waals surface area contributed by atoms with E-state index in [0.29, 0.717) is 17.4 Å². The minimum atomic E-state index is -0.303. The summed E-state index contributed by atoms with van der Waals surface area (Å²) in [6.45, 7) is 0. The van der Waals surface area contributed by atoms with Crippen molar-refractivity contribution < 1.29 is 4.42 Å². The molecule has 0 aliphatic rings. The first-order valence-corrected chi connectivity index (χ1v) is 7.78. The zero-order valence-corrected chi connectivity index (χ0v) is 13.0. The van der Waals surface area contributed by atoms with E-state index in [4.69, 9.17) is 16.0 Å². The molecule has 0 unspecified atom stereocenters. The van der Waals surface area contributed by atoms with Crippen LogP contribution in [0.15, 0.2) is 75.9 Å². The van der Waals surface area contributed by atoms with Gasteiger partial charge in [0.2, 0.25) is 0 Å². The Kier molecular flexibility index (Phi) is 3.40. The minimum absolute atomic E-state index is 0.303. The largest absolute Gasteiger partial charge is 0.422 e. The van der Waals surface area contributed by atoms with Crippen LogP contribution < -0.4 is 5.63 Å². The van der Waals surface area contributed by atoms with Gasteiger partial charge in [0, 0.05) is 10.4 Å². The first-order chi connectivity index (χ1) is 11.2. The lowest BCUT2D eigenvalue weighted by Crippen LogP contribution is -2.00. The van der Waals surface area contributed by atoms with Gasteiger partial charge < -0.3 is 4.42 Å². The second-order valence-corrected chi connectivity index (χ2v) is 5.94. The molecule has 4 aromatic rings. The highest BCUT2D eigenvalue weighted by Gasteiger charge is 2.08. The molecule has 1 aromatic heterocycles. The normalized spacial score (nSPS) is 11.2. The zero-order valence-electron chi connectivity index (χ0n) is 12.3. The highest BCUT2D eigenvalue weighted by Crippen LogP contribution is 2.25. The molecule has 112 valence electrons. The Hall–Kier alpha value is -2.58. The summed E-state index contributed by atoms with van der Waals surface area (Å²) in [5.41, 5.74) is 2.42. The standard InChI is InChI=1S/C20H13ClO2/c21-18-8-4-1-5-14(18)11-13-9-10-16-15-6-2-3-7-17(15)20(22)23-19(16)12-13/h1-10,12H,11H2. The first-order valence-electron chi connectivity index (χ1n) is 7.40. The highest BCUT2D eigenvalue weighted by molar-refractivity contribution is 6.31. The lowest BCUT2D eigenvalue weighted by molar-refractivity contribution is 0.569. The molecule has 23 heavy (non-hydrogen) atoms. The predicted octanol–water partition coefficient (Wildman–Crippen LogP) is 5.19. The Morgan fingerprint density at radius 2 is 1.57 bits per heavy atom. The fourth-order valence-corrected chi connectivity index (χ4v) is 3.10. The molecule has 0 aliphatic heterocycles. The van der Waals surface area contributed by atoms with Crippen LogP contribution in [0.4, 0.5) is 0 Å². The van der Waals surface area contributed by atoms with Crippen LogP contribution in [0.25, 0.3) is 21.7 Å². The average molecular weight is 321 g/mol. The molecule has 2 nitrogen and oxygen atoms in total. The first kappa shape index (κ1) is 14.0. The molecule has 0 amide bonds. The van der Waals surface area contributed by atoms with Gasteiger partial charge in [-0.1, -0.05) is 60.1 Å². The fraction of sp³-hybridized carbons (Fsp3) is 0.0500. The molecule has 0 N–H and O–H groups in total. The molecule has 3 heteroatoms. The van der Waals surface area contributed by atoms with Crippen molar-refractivity contribution >= 4 is 33.3 Å². The van der Waals surface area contributed by atoms with Gasteiger partial charge in [0.1, 0.15) is 5.58 Å². The summed E-state index contributed by atoms with van der Waals surface area (Å²) < 4.78 is 5.49. The molecule has 0 aliphatic carbocycles. The summed E-state index contributed by atoms with van der Waals surface area (Å²) in [5, 5.41) is 3.22. The van der Waals surface area contributed by atoms with Crippen molar-refractivity contribution in [2.45, 2.75) is 6.42 Å². The maximum Gasteiger partial charge on any atom is 0.344 e. The van der Waals surface area contributed by atoms with Crippen molar-refractivity contribution in [2.24, 2.45) is 0 Å². The number of rotatable bonds is 2. The lowest BCUT2D eigenvalue weighted by atomic mass is 10.0. The Morgan fingerprint density at radius 1 is 0.826 bits per heavy atom. The molecule has 1 heterocycles. The summed E-state index contributed by atoms with van der Waals surface area (Å²) in [7, 11) is 0. The van der Waals surface area contributed by atoms with Crippen molar-refractivity contribution in [3.8, 4) is 0 Å². The second kappa shape index (κ2) is 5.56. The van der Waals surface area contributed by atoms with E-state index in [1.165, 1.54) is 0 Å². The van der Waals surface area contributed by atoms with Gasteiger partial charge in [0.05, 0.1) is 5.39 Å². The van der Waals surface area contributed by atoms with Gasteiger partial charge in [-0.15, -0.1) is 0 Å². The Morgan fingerprint density at radius 3 is 2.39 bits per heavy atom. The monoisotopic (exact) mass is 320 g/mol. The SMILES string of the molecule is O=c1oc2cc(Cc3ccccc3Cl)ccc2c2ccccc12. The van der Waals surface area contributed by atoms with Crippen molar-refractivity contribution in [3.63, 3.8) is 0 Å². The van der Waals surface area contributed by atoms with E-state index in [1.807, 2.05) is 54.6 Å². The maximum absolute atomic E-state index is 12.1. The predicted molar refractivity (Wildman–Crippen MR) is 94.2 cm³/mol. The van der Waals surface area contributed by atoms with Crippen LogP contribution in [0.1, 0.15) is 11.1 Å². The summed E-state index contributed by atoms with van der Waals surface area (Å²) in [6.07, 6.45) is 0.701. The zero-order chi connectivity index (χ0) is 15.8. The summed E-state index contributed by atoms with van der Waals surface area (Å²) in [5.74, 6) is 0. The molecule has 0 bridgehead atoms. The minimum Gasteiger partial charge on any atom is -0.422 e. The highest BCUT2D eigenvalue weighted by atomic mass is 35.5. The summed E-state index contributed by atoms with van der Waals surface area (Å²) >= 11 is 6.22. The van der Waals surface area contributed by atoms with Gasteiger partial charge in [-0.2, -0.15) is 0 Å². The van der Waals surface area contributed by atoms with E-state index in [0.717, 1.165) is 26.9 Å². The van der Waals surface area contributed by atoms with Crippen LogP contribution in [0.5, 0.6) is 0 Å². The molecule has 3 aromatic carbocycles. The summed E-state index contributed by atoms with van der Waals surface area (Å²) in [6, 6.07) is 21.3. The van der Waals surface area contributed by atoms with E-state index in [9.17, 15) is 4.79 Å². The van der Waals surface area contributed by atoms with E-state index >= 15 is 0 Å². The molecule has 0 fully saturated rings. The molecule has 0 spiro atoms. The molecule has 0 saturated carbocycles. The second-order valence-electron chi connectivity index (χ2n) is 5.53. The molecule has 4 rings (SSSR count). The third-order valence-corrected chi connectivity index (χ3v) is 4.41. The van der Waals surface area contributed by atoms with Crippen molar-refractivity contribution in [2.75, 3.05) is 0 Å². The third kappa shape index (κ3) is 2.51. The van der Waals surface area contributed by atoms with Crippen LogP contribution in [-0.4, -0.2) is 0 Å². The van der Waals surface area contributed by atoms with E-state index in [-0.39, 0.29) is 5.63 Å². The van der Waals surface area contributed by atoms with Crippen molar-refractivity contribution in [1.82, 2.24) is 0 Å². The Balaban J connectivity index is 1.87. The van der Waals surface area contributed by atoms with Gasteiger partial charge in [0.15, 0.2) is 0 Å². The number of hydrogen-bond donors (Lipinski definition) is 0. The van der Waals surface area contributed by atoms with Gasteiger partial charge in [-0.3, -0.25) is 0 Å². The Labute approximate surface area is 137 Å². The molecule has 0 radical (unpaired) electrons. The maximum atomic E-state index is 12.1. The third-order valence-electron chi connectivity index (χ3n) is 4.04. The van der Waals surface area contributed by atoms with Gasteiger partial charge in [-0.05, 0) is 41.1 Å². The van der Waals surface area contributed by atoms with Gasteiger partial charge in [0.25, 0.3) is 0 Å². The molecular formula is C20H13ClO2. The van der Waals surface area contributed by atoms with E-state index in [1.54, 1.807) is 6.07 Å². The fourth-order valence-electron chi connectivity index (χ4n) is 2.90. The molecule has 0 saturated heterocycles. The quantitative estimate of drug-likeness (QED) is 0.376. The van der Waals surface area contributed by atoms with Crippen molar-refractivity contribution in [1.29, 1.82) is 0 Å². The number of hydrogen-bond acceptors (Lipinski definition) is 2. The van der Waals surface area contributed by atoms with Gasteiger partial charge in [-0.25, -0.2) is 4.79 Å². The van der Waals surface area contributed by atoms with Crippen LogP contribution in [-0.2, 0) is 6.42 Å². The van der Waals surface area contributed by atoms with Crippen LogP contribution >= 0.6 is 11.6 Å². The van der Waals surface area contributed by atoms with Crippen molar-refractivity contribution in [3.05, 3.63) is 93.3 Å². The lowest BCUT2D eigenvalue weighted by Gasteiger charge is -2.07. The molecular weight excluding hydrogens is 308 g/mol. The number of fused-ring (bicyclic) bond motifs is 3. The topological polar surface area (TPSA) is 30.2 Å². The van der Waals surface area contributed by atoms with Crippen LogP contribution in [0.2, 0.25) is 5.02 Å². The molecule has 0 atom stereocenters. The van der Waals surface area contributed by atoms with E-state index in [2.05, 4.69) is 6.07 Å². The number of halogens is 1. The van der Waals surface area contributed by atoms with Crippen LogP contribution in [0.3, 0.4) is 0 Å². The van der Waals surface area contributed by atoms with E-state index < -0.39 is 0 Å². The number of benzene rings is 3. The van der Waals surface area contributed by atoms with Crippen LogP contribution in [0, 0.1) is 0 Å². The van der Waals surface area contributed by atoms with Gasteiger partial charge >= 0.3 is 5.63 Å². The smallest absolute Gasteiger partial charge is 0.344 e. The summed E-state index contributed by atoms with van der Waals surface area (Å²) in [4.78, 5) is 12.1. The Bertz CT molecular complexity index is 1080. The average Bonchev–Trinajstić information content (AvgIpc) is 2.57.